The predicted molar refractivity (Wildman–Crippen MR) is 157 cm³/mol. The summed E-state index contributed by atoms with van der Waals surface area (Å²) in [7, 11) is -5.18. The molecule has 0 unspecified atom stereocenters. The van der Waals surface area contributed by atoms with E-state index in [1.54, 1.807) is 12.1 Å². The van der Waals surface area contributed by atoms with Gasteiger partial charge in [0, 0.05) is 11.6 Å². The Morgan fingerprint density at radius 2 is 1.37 bits per heavy atom. The van der Waals surface area contributed by atoms with Crippen molar-refractivity contribution in [3.63, 3.8) is 0 Å². The van der Waals surface area contributed by atoms with Crippen molar-refractivity contribution in [2.24, 2.45) is 0 Å². The molecule has 2 rings (SSSR count). The lowest BCUT2D eigenvalue weighted by Crippen LogP contribution is -2.41. The second kappa shape index (κ2) is 13.4. The summed E-state index contributed by atoms with van der Waals surface area (Å²) < 4.78 is 30.8. The maximum Gasteiger partial charge on any atom is 0.192 e. The Morgan fingerprint density at radius 1 is 0.829 bits per heavy atom. The fourth-order valence-corrected chi connectivity index (χ4v) is 5.72. The monoisotopic (exact) mass is 578 g/mol. The molecule has 0 saturated heterocycles. The van der Waals surface area contributed by atoms with Gasteiger partial charge in [-0.15, -0.1) is 0 Å². The Morgan fingerprint density at radius 3 is 1.91 bits per heavy atom. The van der Waals surface area contributed by atoms with Crippen molar-refractivity contribution in [3.8, 4) is 0 Å². The molecule has 0 N–H and O–H groups in total. The minimum Gasteiger partial charge on any atom is -0.413 e. The number of rotatable bonds is 13. The zero-order valence-electron chi connectivity index (χ0n) is 22.4. The molecule has 0 aliphatic heterocycles. The first-order chi connectivity index (χ1) is 16.4. The standard InChI is InChI=1S/C29H43BrO3SSi/c1-29(2,3)35(5,6)33-23-28(24-15-11-10-12-16-24)27(17-13-8-7-9-14-22-30)25-18-20-26(21-19-25)34(4,31)32/h10-12,15-16,18-21H,7-9,13-14,17,22-23H2,1-6H3/b28-27+. The molecule has 194 valence electrons. The van der Waals surface area contributed by atoms with E-state index in [1.807, 2.05) is 18.2 Å². The molecule has 0 atom stereocenters. The zero-order valence-corrected chi connectivity index (χ0v) is 25.8. The highest BCUT2D eigenvalue weighted by Gasteiger charge is 2.37. The van der Waals surface area contributed by atoms with Gasteiger partial charge in [0.15, 0.2) is 18.2 Å². The van der Waals surface area contributed by atoms with Crippen molar-refractivity contribution in [2.75, 3.05) is 18.2 Å². The van der Waals surface area contributed by atoms with E-state index in [2.05, 4.69) is 74.1 Å². The van der Waals surface area contributed by atoms with Crippen LogP contribution in [-0.4, -0.2) is 34.9 Å². The SMILES string of the molecule is CC(C)(C)[Si](C)(C)OC/C(=C(/CCCCCCCBr)c1ccc(S(C)(=O)=O)cc1)c1ccccc1. The van der Waals surface area contributed by atoms with E-state index in [-0.39, 0.29) is 5.04 Å². The van der Waals surface area contributed by atoms with Crippen LogP contribution in [0.5, 0.6) is 0 Å². The molecule has 6 heteroatoms. The number of unbranched alkanes of at least 4 members (excludes halogenated alkanes) is 4. The van der Waals surface area contributed by atoms with Gasteiger partial charge in [-0.05, 0) is 71.8 Å². The Balaban J connectivity index is 2.50. The van der Waals surface area contributed by atoms with E-state index < -0.39 is 18.2 Å². The van der Waals surface area contributed by atoms with Crippen molar-refractivity contribution < 1.29 is 12.8 Å². The molecule has 0 bridgehead atoms. The van der Waals surface area contributed by atoms with Crippen LogP contribution in [0.15, 0.2) is 59.5 Å². The average molecular weight is 580 g/mol. The Hall–Kier alpha value is -1.21. The lowest BCUT2D eigenvalue weighted by molar-refractivity contribution is 0.334. The molecule has 0 amide bonds. The zero-order chi connectivity index (χ0) is 26.1. The second-order valence-corrected chi connectivity index (χ2v) is 18.5. The van der Waals surface area contributed by atoms with Crippen LogP contribution in [0.2, 0.25) is 18.1 Å². The van der Waals surface area contributed by atoms with E-state index in [4.69, 9.17) is 4.43 Å². The fraction of sp³-hybridized carbons (Fsp3) is 0.517. The van der Waals surface area contributed by atoms with Crippen molar-refractivity contribution in [2.45, 2.75) is 82.3 Å². The second-order valence-electron chi connectivity index (χ2n) is 10.9. The molecule has 0 heterocycles. The number of alkyl halides is 1. The first-order valence-electron chi connectivity index (χ1n) is 12.6. The van der Waals surface area contributed by atoms with Gasteiger partial charge in [0.1, 0.15) is 0 Å². The van der Waals surface area contributed by atoms with Gasteiger partial charge >= 0.3 is 0 Å². The van der Waals surface area contributed by atoms with Gasteiger partial charge in [-0.25, -0.2) is 8.42 Å². The predicted octanol–water partition coefficient (Wildman–Crippen LogP) is 8.76. The van der Waals surface area contributed by atoms with Crippen molar-refractivity contribution in [3.05, 3.63) is 65.7 Å². The van der Waals surface area contributed by atoms with Crippen molar-refractivity contribution >= 4 is 45.2 Å². The maximum absolute atomic E-state index is 12.0. The third-order valence-electron chi connectivity index (χ3n) is 7.06. The highest BCUT2D eigenvalue weighted by atomic mass is 79.9. The maximum atomic E-state index is 12.0. The summed E-state index contributed by atoms with van der Waals surface area (Å²) in [5.41, 5.74) is 4.72. The van der Waals surface area contributed by atoms with Crippen LogP contribution in [0.4, 0.5) is 0 Å². The molecule has 0 saturated carbocycles. The van der Waals surface area contributed by atoms with Gasteiger partial charge in [0.25, 0.3) is 0 Å². The third kappa shape index (κ3) is 9.31. The number of allylic oxidation sites excluding steroid dienone is 1. The Bertz CT molecular complexity index is 1050. The number of hydrogen-bond donors (Lipinski definition) is 0. The number of hydrogen-bond acceptors (Lipinski definition) is 3. The van der Waals surface area contributed by atoms with E-state index in [0.29, 0.717) is 11.5 Å². The first kappa shape index (κ1) is 30.0. The summed E-state index contributed by atoms with van der Waals surface area (Å²) in [4.78, 5) is 0.356. The number of benzene rings is 2. The molecule has 0 fully saturated rings. The molecule has 35 heavy (non-hydrogen) atoms. The van der Waals surface area contributed by atoms with Crippen LogP contribution in [-0.2, 0) is 14.3 Å². The fourth-order valence-electron chi connectivity index (χ4n) is 3.75. The van der Waals surface area contributed by atoms with Crippen LogP contribution in [0.1, 0.15) is 70.4 Å². The van der Waals surface area contributed by atoms with Crippen LogP contribution in [0, 0.1) is 0 Å². The largest absolute Gasteiger partial charge is 0.413 e. The smallest absolute Gasteiger partial charge is 0.192 e. The summed E-state index contributed by atoms with van der Waals surface area (Å²) in [5.74, 6) is 0. The van der Waals surface area contributed by atoms with E-state index in [0.717, 1.165) is 23.7 Å². The normalized spacial score (nSPS) is 13.6. The van der Waals surface area contributed by atoms with Crippen LogP contribution in [0.3, 0.4) is 0 Å². The minimum absolute atomic E-state index is 0.127. The molecular weight excluding hydrogens is 536 g/mol. The van der Waals surface area contributed by atoms with Gasteiger partial charge in [0.2, 0.25) is 0 Å². The molecular formula is C29H43BrO3SSi. The molecule has 0 aliphatic carbocycles. The molecule has 2 aromatic carbocycles. The van der Waals surface area contributed by atoms with Crippen molar-refractivity contribution in [1.29, 1.82) is 0 Å². The van der Waals surface area contributed by atoms with E-state index in [9.17, 15) is 8.42 Å². The lowest BCUT2D eigenvalue weighted by atomic mass is 9.91. The average Bonchev–Trinajstić information content (AvgIpc) is 2.79. The molecule has 0 spiro atoms. The van der Waals surface area contributed by atoms with E-state index >= 15 is 0 Å². The first-order valence-corrected chi connectivity index (χ1v) is 18.6. The van der Waals surface area contributed by atoms with Crippen molar-refractivity contribution in [1.82, 2.24) is 0 Å². The lowest BCUT2D eigenvalue weighted by Gasteiger charge is -2.36. The topological polar surface area (TPSA) is 43.4 Å². The summed E-state index contributed by atoms with van der Waals surface area (Å²) in [6.45, 7) is 11.9. The summed E-state index contributed by atoms with van der Waals surface area (Å²) in [6.07, 6.45) is 8.17. The van der Waals surface area contributed by atoms with Gasteiger partial charge < -0.3 is 4.43 Å². The van der Waals surface area contributed by atoms with Gasteiger partial charge in [0.05, 0.1) is 11.5 Å². The van der Waals surface area contributed by atoms with Gasteiger partial charge in [-0.2, -0.15) is 0 Å². The highest BCUT2D eigenvalue weighted by molar-refractivity contribution is 9.09. The van der Waals surface area contributed by atoms with Gasteiger partial charge in [-0.1, -0.05) is 98.4 Å². The third-order valence-corrected chi connectivity index (χ3v) is 13.2. The van der Waals surface area contributed by atoms with Crippen LogP contribution in [0.25, 0.3) is 11.1 Å². The Labute approximate surface area is 223 Å². The number of halogens is 1. The Kier molecular flexibility index (Phi) is 11.5. The highest BCUT2D eigenvalue weighted by Crippen LogP contribution is 2.39. The molecule has 0 radical (unpaired) electrons. The molecule has 0 aromatic heterocycles. The minimum atomic E-state index is -3.23. The molecule has 0 aliphatic rings. The van der Waals surface area contributed by atoms with E-state index in [1.165, 1.54) is 48.6 Å². The summed E-state index contributed by atoms with van der Waals surface area (Å²) in [5, 5.41) is 1.19. The molecule has 2 aromatic rings. The summed E-state index contributed by atoms with van der Waals surface area (Å²) in [6, 6.07) is 17.9. The molecule has 3 nitrogen and oxygen atoms in total. The quantitative estimate of drug-likeness (QED) is 0.103. The number of sulfone groups is 1. The van der Waals surface area contributed by atoms with Crippen LogP contribution >= 0.6 is 15.9 Å². The van der Waals surface area contributed by atoms with Gasteiger partial charge in [-0.3, -0.25) is 0 Å². The summed E-state index contributed by atoms with van der Waals surface area (Å²) >= 11 is 3.52. The van der Waals surface area contributed by atoms with Crippen LogP contribution < -0.4 is 0 Å².